The highest BCUT2D eigenvalue weighted by molar-refractivity contribution is 5.97. The maximum atomic E-state index is 12.8. The molecule has 154 valence electrons. The third kappa shape index (κ3) is 5.10. The number of hydrogen-bond acceptors (Lipinski definition) is 5. The van der Waals surface area contributed by atoms with Gasteiger partial charge in [0.1, 0.15) is 6.54 Å². The van der Waals surface area contributed by atoms with Gasteiger partial charge in [0.25, 0.3) is 0 Å². The van der Waals surface area contributed by atoms with Crippen LogP contribution in [0.4, 0.5) is 11.6 Å². The molecule has 1 aromatic heterocycles. The highest BCUT2D eigenvalue weighted by atomic mass is 16.2. The van der Waals surface area contributed by atoms with Crippen LogP contribution in [0, 0.1) is 0 Å². The molecule has 0 N–H and O–H groups in total. The Kier molecular flexibility index (Phi) is 6.15. The summed E-state index contributed by atoms with van der Waals surface area (Å²) < 4.78 is 0. The second-order valence-corrected chi connectivity index (χ2v) is 8.32. The maximum absolute atomic E-state index is 12.8. The topological polar surface area (TPSA) is 69.6 Å². The molecule has 0 bridgehead atoms. The molecule has 1 fully saturated rings. The van der Waals surface area contributed by atoms with Gasteiger partial charge in [-0.3, -0.25) is 9.59 Å². The Morgan fingerprint density at radius 1 is 1.00 bits per heavy atom. The summed E-state index contributed by atoms with van der Waals surface area (Å²) >= 11 is 0. The quantitative estimate of drug-likeness (QED) is 0.795. The molecular weight excluding hydrogens is 366 g/mol. The first-order chi connectivity index (χ1) is 13.8. The van der Waals surface area contributed by atoms with Crippen LogP contribution in [0.5, 0.6) is 0 Å². The Morgan fingerprint density at radius 3 is 2.10 bits per heavy atom. The highest BCUT2D eigenvalue weighted by Crippen LogP contribution is 2.25. The van der Waals surface area contributed by atoms with E-state index < -0.39 is 0 Å². The molecular formula is C22H29N5O2. The van der Waals surface area contributed by atoms with Gasteiger partial charge in [-0.2, -0.15) is 0 Å². The molecule has 1 aliphatic rings. The zero-order chi connectivity index (χ0) is 21.0. The van der Waals surface area contributed by atoms with Crippen molar-refractivity contribution in [3.8, 4) is 0 Å². The molecule has 2 heterocycles. The predicted molar refractivity (Wildman–Crippen MR) is 114 cm³/mol. The van der Waals surface area contributed by atoms with Crippen molar-refractivity contribution in [3.63, 3.8) is 0 Å². The van der Waals surface area contributed by atoms with Crippen molar-refractivity contribution in [3.05, 3.63) is 48.3 Å². The second kappa shape index (κ2) is 8.59. The zero-order valence-corrected chi connectivity index (χ0v) is 17.6. The lowest BCUT2D eigenvalue weighted by atomic mass is 9.87. The molecule has 7 heteroatoms. The van der Waals surface area contributed by atoms with Crippen LogP contribution in [0.25, 0.3) is 0 Å². The molecule has 0 aliphatic carbocycles. The molecule has 1 saturated heterocycles. The number of benzene rings is 1. The largest absolute Gasteiger partial charge is 0.338 e. The standard InChI is InChI=1S/C22H29N5O2/c1-17(28)27(19-8-6-18(7-9-19)22(2,3)4)16-20(29)25-12-14-26(15-13-25)21-23-10-5-11-24-21/h5-11H,12-16H2,1-4H3. The molecule has 0 spiro atoms. The van der Waals surface area contributed by atoms with Gasteiger partial charge in [-0.25, -0.2) is 9.97 Å². The predicted octanol–water partition coefficient (Wildman–Crippen LogP) is 2.48. The van der Waals surface area contributed by atoms with Crippen molar-refractivity contribution in [1.29, 1.82) is 0 Å². The average Bonchev–Trinajstić information content (AvgIpc) is 2.72. The summed E-state index contributed by atoms with van der Waals surface area (Å²) in [5.41, 5.74) is 1.97. The van der Waals surface area contributed by atoms with E-state index in [0.717, 1.165) is 5.69 Å². The Hall–Kier alpha value is -2.96. The number of piperazine rings is 1. The van der Waals surface area contributed by atoms with E-state index >= 15 is 0 Å². The van der Waals surface area contributed by atoms with Gasteiger partial charge in [0, 0.05) is 51.2 Å². The number of aromatic nitrogens is 2. The normalized spacial score (nSPS) is 14.6. The number of rotatable bonds is 4. The molecule has 0 unspecified atom stereocenters. The van der Waals surface area contributed by atoms with Gasteiger partial charge in [-0.05, 0) is 29.2 Å². The fourth-order valence-corrected chi connectivity index (χ4v) is 3.37. The molecule has 2 aromatic rings. The Bertz CT molecular complexity index is 838. The van der Waals surface area contributed by atoms with Crippen molar-refractivity contribution in [2.75, 3.05) is 42.5 Å². The summed E-state index contributed by atoms with van der Waals surface area (Å²) in [6.07, 6.45) is 3.44. The van der Waals surface area contributed by atoms with Crippen molar-refractivity contribution >= 4 is 23.5 Å². The number of carbonyl (C=O) groups excluding carboxylic acids is 2. The Morgan fingerprint density at radius 2 is 1.59 bits per heavy atom. The van der Waals surface area contributed by atoms with Crippen molar-refractivity contribution in [1.82, 2.24) is 14.9 Å². The van der Waals surface area contributed by atoms with E-state index in [1.807, 2.05) is 24.3 Å². The van der Waals surface area contributed by atoms with Crippen molar-refractivity contribution in [2.24, 2.45) is 0 Å². The number of anilines is 2. The van der Waals surface area contributed by atoms with Crippen molar-refractivity contribution in [2.45, 2.75) is 33.1 Å². The lowest BCUT2D eigenvalue weighted by molar-refractivity contribution is -0.131. The van der Waals surface area contributed by atoms with E-state index in [2.05, 4.69) is 35.6 Å². The smallest absolute Gasteiger partial charge is 0.242 e. The van der Waals surface area contributed by atoms with Crippen molar-refractivity contribution < 1.29 is 9.59 Å². The first-order valence-electron chi connectivity index (χ1n) is 9.94. The minimum absolute atomic E-state index is 0.0392. The van der Waals surface area contributed by atoms with Crippen LogP contribution < -0.4 is 9.80 Å². The molecule has 1 aromatic carbocycles. The van der Waals surface area contributed by atoms with E-state index in [0.29, 0.717) is 32.1 Å². The molecule has 29 heavy (non-hydrogen) atoms. The summed E-state index contributed by atoms with van der Waals surface area (Å²) in [5, 5.41) is 0. The van der Waals surface area contributed by atoms with Gasteiger partial charge >= 0.3 is 0 Å². The van der Waals surface area contributed by atoms with Gasteiger partial charge in [0.05, 0.1) is 0 Å². The zero-order valence-electron chi connectivity index (χ0n) is 17.6. The molecule has 3 rings (SSSR count). The number of amides is 2. The summed E-state index contributed by atoms with van der Waals surface area (Å²) in [6, 6.07) is 9.66. The summed E-state index contributed by atoms with van der Waals surface area (Å²) in [6.45, 7) is 10.5. The van der Waals surface area contributed by atoms with Crippen LogP contribution in [-0.2, 0) is 15.0 Å². The van der Waals surface area contributed by atoms with Gasteiger partial charge in [-0.15, -0.1) is 0 Å². The van der Waals surface area contributed by atoms with E-state index in [9.17, 15) is 9.59 Å². The SMILES string of the molecule is CC(=O)N(CC(=O)N1CCN(c2ncccn2)CC1)c1ccc(C(C)(C)C)cc1. The molecule has 0 saturated carbocycles. The van der Waals surface area contributed by atoms with E-state index in [-0.39, 0.29) is 23.8 Å². The van der Waals surface area contributed by atoms with Crippen LogP contribution in [0.15, 0.2) is 42.7 Å². The minimum atomic E-state index is -0.141. The van der Waals surface area contributed by atoms with Crippen LogP contribution >= 0.6 is 0 Å². The highest BCUT2D eigenvalue weighted by Gasteiger charge is 2.25. The van der Waals surface area contributed by atoms with Gasteiger partial charge < -0.3 is 14.7 Å². The monoisotopic (exact) mass is 395 g/mol. The fourth-order valence-electron chi connectivity index (χ4n) is 3.37. The summed E-state index contributed by atoms with van der Waals surface area (Å²) in [5.74, 6) is 0.496. The van der Waals surface area contributed by atoms with Gasteiger partial charge in [-0.1, -0.05) is 32.9 Å². The second-order valence-electron chi connectivity index (χ2n) is 8.32. The molecule has 1 aliphatic heterocycles. The molecule has 2 amide bonds. The molecule has 7 nitrogen and oxygen atoms in total. The summed E-state index contributed by atoms with van der Waals surface area (Å²) in [4.78, 5) is 39.0. The average molecular weight is 396 g/mol. The minimum Gasteiger partial charge on any atom is -0.338 e. The maximum Gasteiger partial charge on any atom is 0.242 e. The third-order valence-electron chi connectivity index (χ3n) is 5.19. The first-order valence-corrected chi connectivity index (χ1v) is 9.94. The Balaban J connectivity index is 1.62. The van der Waals surface area contributed by atoms with E-state index in [1.54, 1.807) is 28.3 Å². The first kappa shape index (κ1) is 20.8. The summed E-state index contributed by atoms with van der Waals surface area (Å²) in [7, 11) is 0. The van der Waals surface area contributed by atoms with Crippen LogP contribution in [0.3, 0.4) is 0 Å². The third-order valence-corrected chi connectivity index (χ3v) is 5.19. The van der Waals surface area contributed by atoms with Crippen LogP contribution in [0.2, 0.25) is 0 Å². The number of carbonyl (C=O) groups is 2. The van der Waals surface area contributed by atoms with Gasteiger partial charge in [0.2, 0.25) is 17.8 Å². The Labute approximate surface area is 172 Å². The molecule has 0 radical (unpaired) electrons. The fraction of sp³-hybridized carbons (Fsp3) is 0.455. The van der Waals surface area contributed by atoms with Gasteiger partial charge in [0.15, 0.2) is 0 Å². The van der Waals surface area contributed by atoms with E-state index in [1.165, 1.54) is 12.5 Å². The van der Waals surface area contributed by atoms with Crippen LogP contribution in [0.1, 0.15) is 33.3 Å². The number of hydrogen-bond donors (Lipinski definition) is 0. The molecule has 0 atom stereocenters. The lowest BCUT2D eigenvalue weighted by Crippen LogP contribution is -2.52. The van der Waals surface area contributed by atoms with E-state index in [4.69, 9.17) is 0 Å². The van der Waals surface area contributed by atoms with Crippen LogP contribution in [-0.4, -0.2) is 59.4 Å². The number of nitrogens with zero attached hydrogens (tertiary/aromatic N) is 5. The lowest BCUT2D eigenvalue weighted by Gasteiger charge is -2.35.